The number of rotatable bonds is 6. The Bertz CT molecular complexity index is 486. The average Bonchev–Trinajstić information content (AvgIpc) is 3.27. The van der Waals surface area contributed by atoms with Crippen LogP contribution in [0.1, 0.15) is 44.3 Å². The van der Waals surface area contributed by atoms with Crippen LogP contribution in [0.15, 0.2) is 6.07 Å². The Balaban J connectivity index is 1.74. The zero-order valence-electron chi connectivity index (χ0n) is 13.5. The highest BCUT2D eigenvalue weighted by Crippen LogP contribution is 2.39. The number of nitrogens with one attached hydrogen (secondary N) is 1. The van der Waals surface area contributed by atoms with Crippen molar-refractivity contribution in [3.05, 3.63) is 11.9 Å². The van der Waals surface area contributed by atoms with E-state index in [-0.39, 0.29) is 0 Å². The normalized spacial score (nSPS) is 22.5. The Labute approximate surface area is 127 Å². The SMILES string of the molecule is CCN1CCCC1CN(C)c1cc(NC)nc(C2CC2)n1. The van der Waals surface area contributed by atoms with Gasteiger partial charge in [0.15, 0.2) is 0 Å². The fourth-order valence-electron chi connectivity index (χ4n) is 3.23. The lowest BCUT2D eigenvalue weighted by atomic mass is 10.2. The van der Waals surface area contributed by atoms with Gasteiger partial charge in [0.25, 0.3) is 0 Å². The molecule has 5 heteroatoms. The highest BCUT2D eigenvalue weighted by atomic mass is 15.2. The summed E-state index contributed by atoms with van der Waals surface area (Å²) in [6.45, 7) is 5.71. The second-order valence-electron chi connectivity index (χ2n) is 6.30. The van der Waals surface area contributed by atoms with Crippen LogP contribution in [0, 0.1) is 0 Å². The van der Waals surface area contributed by atoms with Crippen molar-refractivity contribution in [2.24, 2.45) is 0 Å². The molecule has 0 radical (unpaired) electrons. The molecule has 21 heavy (non-hydrogen) atoms. The molecule has 3 rings (SSSR count). The van der Waals surface area contributed by atoms with Crippen LogP contribution in [0.2, 0.25) is 0 Å². The summed E-state index contributed by atoms with van der Waals surface area (Å²) >= 11 is 0. The predicted octanol–water partition coefficient (Wildman–Crippen LogP) is 2.32. The summed E-state index contributed by atoms with van der Waals surface area (Å²) in [5.41, 5.74) is 0. The maximum absolute atomic E-state index is 4.79. The molecule has 1 unspecified atom stereocenters. The van der Waals surface area contributed by atoms with Crippen molar-refractivity contribution in [2.75, 3.05) is 43.9 Å². The van der Waals surface area contributed by atoms with E-state index in [0.717, 1.165) is 30.5 Å². The molecule has 1 atom stereocenters. The van der Waals surface area contributed by atoms with Crippen LogP contribution in [0.5, 0.6) is 0 Å². The van der Waals surface area contributed by atoms with Gasteiger partial charge in [-0.3, -0.25) is 4.90 Å². The topological polar surface area (TPSA) is 44.3 Å². The molecule has 1 aliphatic heterocycles. The molecule has 1 aromatic rings. The first-order chi connectivity index (χ1) is 10.2. The third-order valence-electron chi connectivity index (χ3n) is 4.71. The van der Waals surface area contributed by atoms with Crippen LogP contribution in [0.4, 0.5) is 11.6 Å². The van der Waals surface area contributed by atoms with Crippen molar-refractivity contribution in [3.8, 4) is 0 Å². The van der Waals surface area contributed by atoms with E-state index in [1.807, 2.05) is 7.05 Å². The number of nitrogens with zero attached hydrogens (tertiary/aromatic N) is 4. The minimum atomic E-state index is 0.587. The summed E-state index contributed by atoms with van der Waals surface area (Å²) in [6.07, 6.45) is 5.11. The Kier molecular flexibility index (Phi) is 4.29. The van der Waals surface area contributed by atoms with Crippen molar-refractivity contribution in [2.45, 2.75) is 44.6 Å². The maximum Gasteiger partial charge on any atom is 0.136 e. The van der Waals surface area contributed by atoms with E-state index in [2.05, 4.69) is 40.1 Å². The minimum Gasteiger partial charge on any atom is -0.373 e. The zero-order chi connectivity index (χ0) is 14.8. The lowest BCUT2D eigenvalue weighted by Crippen LogP contribution is -2.39. The van der Waals surface area contributed by atoms with Gasteiger partial charge in [-0.2, -0.15) is 0 Å². The van der Waals surface area contributed by atoms with E-state index in [1.165, 1.54) is 32.2 Å². The fourth-order valence-corrected chi connectivity index (χ4v) is 3.23. The summed E-state index contributed by atoms with van der Waals surface area (Å²) in [5, 5.41) is 3.17. The summed E-state index contributed by atoms with van der Waals surface area (Å²) in [6, 6.07) is 2.73. The third-order valence-corrected chi connectivity index (χ3v) is 4.71. The van der Waals surface area contributed by atoms with Gasteiger partial charge >= 0.3 is 0 Å². The lowest BCUT2D eigenvalue weighted by Gasteiger charge is -2.28. The van der Waals surface area contributed by atoms with Gasteiger partial charge < -0.3 is 10.2 Å². The number of hydrogen-bond acceptors (Lipinski definition) is 5. The summed E-state index contributed by atoms with van der Waals surface area (Å²) in [5.74, 6) is 3.60. The summed E-state index contributed by atoms with van der Waals surface area (Å²) in [4.78, 5) is 14.3. The van der Waals surface area contributed by atoms with Gasteiger partial charge in [0.1, 0.15) is 17.5 Å². The molecular formula is C16H27N5. The fraction of sp³-hybridized carbons (Fsp3) is 0.750. The Morgan fingerprint density at radius 1 is 1.33 bits per heavy atom. The molecule has 2 aliphatic rings. The van der Waals surface area contributed by atoms with Crippen LogP contribution >= 0.6 is 0 Å². The first kappa shape index (κ1) is 14.6. The molecule has 2 fully saturated rings. The van der Waals surface area contributed by atoms with E-state index in [0.29, 0.717) is 12.0 Å². The Morgan fingerprint density at radius 2 is 2.14 bits per heavy atom. The van der Waals surface area contributed by atoms with Crippen molar-refractivity contribution in [1.29, 1.82) is 0 Å². The molecule has 5 nitrogen and oxygen atoms in total. The molecule has 0 amide bonds. The van der Waals surface area contributed by atoms with E-state index in [1.54, 1.807) is 0 Å². The molecule has 1 saturated carbocycles. The Hall–Kier alpha value is -1.36. The van der Waals surface area contributed by atoms with Crippen LogP contribution < -0.4 is 10.2 Å². The van der Waals surface area contributed by atoms with Crippen molar-refractivity contribution in [3.63, 3.8) is 0 Å². The highest BCUT2D eigenvalue weighted by molar-refractivity contribution is 5.49. The molecule has 116 valence electrons. The van der Waals surface area contributed by atoms with Crippen LogP contribution in [-0.4, -0.2) is 54.6 Å². The van der Waals surface area contributed by atoms with Crippen LogP contribution in [-0.2, 0) is 0 Å². The zero-order valence-corrected chi connectivity index (χ0v) is 13.5. The van der Waals surface area contributed by atoms with Crippen molar-refractivity contribution < 1.29 is 0 Å². The maximum atomic E-state index is 4.79. The number of aromatic nitrogens is 2. The van der Waals surface area contributed by atoms with Crippen molar-refractivity contribution >= 4 is 11.6 Å². The first-order valence-corrected chi connectivity index (χ1v) is 8.23. The van der Waals surface area contributed by atoms with Gasteiger partial charge in [-0.25, -0.2) is 9.97 Å². The molecule has 0 aromatic carbocycles. The third kappa shape index (κ3) is 3.28. The van der Waals surface area contributed by atoms with Gasteiger partial charge in [-0.1, -0.05) is 6.92 Å². The molecule has 0 spiro atoms. The quantitative estimate of drug-likeness (QED) is 0.870. The molecular weight excluding hydrogens is 262 g/mol. The number of likely N-dealkylation sites (N-methyl/N-ethyl adjacent to an activating group) is 2. The summed E-state index contributed by atoms with van der Waals surface area (Å²) in [7, 11) is 4.09. The number of hydrogen-bond donors (Lipinski definition) is 1. The summed E-state index contributed by atoms with van der Waals surface area (Å²) < 4.78 is 0. The monoisotopic (exact) mass is 289 g/mol. The van der Waals surface area contributed by atoms with Gasteiger partial charge in [-0.05, 0) is 38.8 Å². The van der Waals surface area contributed by atoms with Crippen LogP contribution in [0.3, 0.4) is 0 Å². The predicted molar refractivity (Wildman–Crippen MR) is 87.1 cm³/mol. The van der Waals surface area contributed by atoms with Gasteiger partial charge in [0.2, 0.25) is 0 Å². The van der Waals surface area contributed by atoms with Crippen LogP contribution in [0.25, 0.3) is 0 Å². The smallest absolute Gasteiger partial charge is 0.136 e. The molecule has 1 N–H and O–H groups in total. The van der Waals surface area contributed by atoms with Gasteiger partial charge in [0.05, 0.1) is 0 Å². The first-order valence-electron chi connectivity index (χ1n) is 8.23. The second-order valence-corrected chi connectivity index (χ2v) is 6.30. The highest BCUT2D eigenvalue weighted by Gasteiger charge is 2.28. The Morgan fingerprint density at radius 3 is 2.81 bits per heavy atom. The van der Waals surface area contributed by atoms with E-state index < -0.39 is 0 Å². The number of likely N-dealkylation sites (tertiary alicyclic amines) is 1. The molecule has 1 aliphatic carbocycles. The minimum absolute atomic E-state index is 0.587. The largest absolute Gasteiger partial charge is 0.373 e. The molecule has 2 heterocycles. The molecule has 1 saturated heterocycles. The van der Waals surface area contributed by atoms with E-state index in [4.69, 9.17) is 4.98 Å². The second kappa shape index (κ2) is 6.18. The van der Waals surface area contributed by atoms with Gasteiger partial charge in [-0.15, -0.1) is 0 Å². The number of anilines is 2. The van der Waals surface area contributed by atoms with Gasteiger partial charge in [0, 0.05) is 38.7 Å². The molecule has 1 aromatic heterocycles. The van der Waals surface area contributed by atoms with E-state index >= 15 is 0 Å². The van der Waals surface area contributed by atoms with Crippen molar-refractivity contribution in [1.82, 2.24) is 14.9 Å². The average molecular weight is 289 g/mol. The lowest BCUT2D eigenvalue weighted by molar-refractivity contribution is 0.270. The standard InChI is InChI=1S/C16H27N5/c1-4-21-9-5-6-13(21)11-20(3)15-10-14(17-2)18-16(19-15)12-7-8-12/h10,12-13H,4-9,11H2,1-3H3,(H,17,18,19). The molecule has 0 bridgehead atoms. The van der Waals surface area contributed by atoms with E-state index in [9.17, 15) is 0 Å².